The molecule has 2 amide bonds. The van der Waals surface area contributed by atoms with Crippen molar-refractivity contribution in [3.63, 3.8) is 0 Å². The van der Waals surface area contributed by atoms with E-state index in [0.29, 0.717) is 22.1 Å². The highest BCUT2D eigenvalue weighted by Crippen LogP contribution is 2.30. The number of aryl methyl sites for hydroxylation is 1. The highest BCUT2D eigenvalue weighted by Gasteiger charge is 2.24. The van der Waals surface area contributed by atoms with E-state index in [2.05, 4.69) is 20.1 Å². The van der Waals surface area contributed by atoms with E-state index in [1.165, 1.54) is 6.42 Å². The number of ether oxygens (including phenoxy) is 1. The lowest BCUT2D eigenvalue weighted by molar-refractivity contribution is 0.256. The van der Waals surface area contributed by atoms with Crippen molar-refractivity contribution in [3.05, 3.63) is 65.2 Å². The summed E-state index contributed by atoms with van der Waals surface area (Å²) in [6.45, 7) is 1.16. The van der Waals surface area contributed by atoms with Crippen LogP contribution in [0.2, 0.25) is 5.02 Å². The number of carbonyl (C=O) groups excluding carboxylic acids is 1. The van der Waals surface area contributed by atoms with Crippen LogP contribution in [0, 0.1) is 0 Å². The number of hydrogen-bond donors (Lipinski definition) is 1. The van der Waals surface area contributed by atoms with E-state index < -0.39 is 0 Å². The number of nitrogens with one attached hydrogen (secondary N) is 1. The van der Waals surface area contributed by atoms with Crippen molar-refractivity contribution < 1.29 is 9.53 Å². The van der Waals surface area contributed by atoms with Crippen molar-refractivity contribution in [1.29, 1.82) is 0 Å². The molecule has 2 heterocycles. The molecule has 1 N–H and O–H groups in total. The number of halogens is 1. The Bertz CT molecular complexity index is 1020. The standard InChI is InChI=1S/C22H24ClN5O2/c1-30-19-8-5-4-7-18(19)28(22(29)24-17-12-10-16(23)11-13-17)15-21-26-25-20-9-3-2-6-14-27(20)21/h4-5,7-8,10-13H,2-3,6,9,14-15H2,1H3,(H,24,29). The summed E-state index contributed by atoms with van der Waals surface area (Å²) in [6, 6.07) is 14.2. The minimum atomic E-state index is -0.284. The Morgan fingerprint density at radius 3 is 2.73 bits per heavy atom. The quantitative estimate of drug-likeness (QED) is 0.630. The number of hydrogen-bond acceptors (Lipinski definition) is 4. The zero-order chi connectivity index (χ0) is 20.9. The third kappa shape index (κ3) is 4.41. The predicted octanol–water partition coefficient (Wildman–Crippen LogP) is 4.91. The van der Waals surface area contributed by atoms with Crippen molar-refractivity contribution in [2.45, 2.75) is 38.8 Å². The maximum absolute atomic E-state index is 13.3. The van der Waals surface area contributed by atoms with E-state index in [1.54, 1.807) is 36.3 Å². The van der Waals surface area contributed by atoms with Crippen LogP contribution in [0.5, 0.6) is 5.75 Å². The molecule has 4 rings (SSSR count). The molecule has 0 spiro atoms. The summed E-state index contributed by atoms with van der Waals surface area (Å²) in [4.78, 5) is 14.9. The molecule has 156 valence electrons. The number of aromatic nitrogens is 3. The first-order valence-corrected chi connectivity index (χ1v) is 10.4. The predicted molar refractivity (Wildman–Crippen MR) is 117 cm³/mol. The molecular formula is C22H24ClN5O2. The molecule has 0 saturated carbocycles. The van der Waals surface area contributed by atoms with Gasteiger partial charge < -0.3 is 14.6 Å². The molecule has 0 aliphatic carbocycles. The molecule has 1 aliphatic rings. The Morgan fingerprint density at radius 2 is 1.93 bits per heavy atom. The molecule has 3 aromatic rings. The van der Waals surface area contributed by atoms with Gasteiger partial charge in [-0.3, -0.25) is 4.90 Å². The molecule has 2 aromatic carbocycles. The fraction of sp³-hybridized carbons (Fsp3) is 0.318. The van der Waals surface area contributed by atoms with Crippen LogP contribution < -0.4 is 15.0 Å². The van der Waals surface area contributed by atoms with Gasteiger partial charge in [0.1, 0.15) is 11.6 Å². The number of anilines is 2. The zero-order valence-electron chi connectivity index (χ0n) is 16.8. The molecule has 7 nitrogen and oxygen atoms in total. The number of methoxy groups -OCH3 is 1. The first-order valence-electron chi connectivity index (χ1n) is 10.0. The number of rotatable bonds is 5. The topological polar surface area (TPSA) is 72.3 Å². The zero-order valence-corrected chi connectivity index (χ0v) is 17.6. The van der Waals surface area contributed by atoms with Crippen LogP contribution >= 0.6 is 11.6 Å². The van der Waals surface area contributed by atoms with Gasteiger partial charge in [-0.15, -0.1) is 10.2 Å². The lowest BCUT2D eigenvalue weighted by Crippen LogP contribution is -2.35. The highest BCUT2D eigenvalue weighted by molar-refractivity contribution is 6.30. The van der Waals surface area contributed by atoms with Crippen LogP contribution in [0.4, 0.5) is 16.2 Å². The summed E-state index contributed by atoms with van der Waals surface area (Å²) in [6.07, 6.45) is 4.30. The van der Waals surface area contributed by atoms with E-state index in [1.807, 2.05) is 24.3 Å². The second-order valence-electron chi connectivity index (χ2n) is 7.19. The Balaban J connectivity index is 1.66. The van der Waals surface area contributed by atoms with Crippen molar-refractivity contribution >= 4 is 29.0 Å². The third-order valence-electron chi connectivity index (χ3n) is 5.20. The molecule has 8 heteroatoms. The van der Waals surface area contributed by atoms with Crippen LogP contribution in [-0.2, 0) is 19.5 Å². The van der Waals surface area contributed by atoms with E-state index in [9.17, 15) is 4.79 Å². The number of urea groups is 1. The molecule has 0 fully saturated rings. The molecule has 0 radical (unpaired) electrons. The summed E-state index contributed by atoms with van der Waals surface area (Å²) in [5.74, 6) is 2.36. The van der Waals surface area contributed by atoms with Crippen LogP contribution in [-0.4, -0.2) is 27.9 Å². The van der Waals surface area contributed by atoms with Crippen molar-refractivity contribution in [3.8, 4) is 5.75 Å². The fourth-order valence-corrected chi connectivity index (χ4v) is 3.77. The van der Waals surface area contributed by atoms with Gasteiger partial charge in [0.25, 0.3) is 0 Å². The smallest absolute Gasteiger partial charge is 0.326 e. The molecule has 0 unspecified atom stereocenters. The summed E-state index contributed by atoms with van der Waals surface area (Å²) >= 11 is 5.96. The van der Waals surface area contributed by atoms with Crippen molar-refractivity contribution in [2.75, 3.05) is 17.3 Å². The van der Waals surface area contributed by atoms with Crippen LogP contribution in [0.15, 0.2) is 48.5 Å². The number of amides is 2. The molecule has 0 bridgehead atoms. The van der Waals surface area contributed by atoms with Gasteiger partial charge in [0, 0.05) is 23.7 Å². The third-order valence-corrected chi connectivity index (χ3v) is 5.45. The SMILES string of the molecule is COc1ccccc1N(Cc1nnc2n1CCCCC2)C(=O)Nc1ccc(Cl)cc1. The van der Waals surface area contributed by atoms with Gasteiger partial charge >= 0.3 is 6.03 Å². The monoisotopic (exact) mass is 425 g/mol. The van der Waals surface area contributed by atoms with Gasteiger partial charge in [-0.25, -0.2) is 4.79 Å². The largest absolute Gasteiger partial charge is 0.495 e. The second-order valence-corrected chi connectivity index (χ2v) is 7.63. The minimum absolute atomic E-state index is 0.284. The average molecular weight is 426 g/mol. The Labute approximate surface area is 180 Å². The van der Waals surface area contributed by atoms with Crippen LogP contribution in [0.25, 0.3) is 0 Å². The van der Waals surface area contributed by atoms with Crippen molar-refractivity contribution in [1.82, 2.24) is 14.8 Å². The highest BCUT2D eigenvalue weighted by atomic mass is 35.5. The number of nitrogens with zero attached hydrogens (tertiary/aromatic N) is 4. The average Bonchev–Trinajstić information content (AvgIpc) is 2.99. The van der Waals surface area contributed by atoms with E-state index >= 15 is 0 Å². The van der Waals surface area contributed by atoms with Gasteiger partial charge in [-0.2, -0.15) is 0 Å². The normalized spacial score (nSPS) is 13.3. The van der Waals surface area contributed by atoms with E-state index in [4.69, 9.17) is 16.3 Å². The Hall–Kier alpha value is -3.06. The van der Waals surface area contributed by atoms with Gasteiger partial charge in [-0.05, 0) is 49.2 Å². The van der Waals surface area contributed by atoms with E-state index in [-0.39, 0.29) is 12.6 Å². The van der Waals surface area contributed by atoms with Gasteiger partial charge in [-0.1, -0.05) is 30.2 Å². The first kappa shape index (κ1) is 20.2. The molecule has 1 aliphatic heterocycles. The molecule has 0 saturated heterocycles. The first-order chi connectivity index (χ1) is 14.7. The van der Waals surface area contributed by atoms with Gasteiger partial charge in [0.15, 0.2) is 5.82 Å². The van der Waals surface area contributed by atoms with E-state index in [0.717, 1.165) is 37.5 Å². The number of para-hydroxylation sites is 2. The Morgan fingerprint density at radius 1 is 1.13 bits per heavy atom. The van der Waals surface area contributed by atoms with Gasteiger partial charge in [0.2, 0.25) is 0 Å². The van der Waals surface area contributed by atoms with Crippen LogP contribution in [0.3, 0.4) is 0 Å². The molecule has 0 atom stereocenters. The number of carbonyl (C=O) groups is 1. The van der Waals surface area contributed by atoms with Crippen molar-refractivity contribution in [2.24, 2.45) is 0 Å². The number of fused-ring (bicyclic) bond motifs is 1. The summed E-state index contributed by atoms with van der Waals surface area (Å²) in [5, 5.41) is 12.3. The summed E-state index contributed by atoms with van der Waals surface area (Å²) in [7, 11) is 1.59. The molecular weight excluding hydrogens is 402 g/mol. The Kier molecular flexibility index (Phi) is 6.18. The summed E-state index contributed by atoms with van der Waals surface area (Å²) in [5.41, 5.74) is 1.32. The second kappa shape index (κ2) is 9.17. The lowest BCUT2D eigenvalue weighted by Gasteiger charge is -2.25. The van der Waals surface area contributed by atoms with Crippen LogP contribution in [0.1, 0.15) is 30.9 Å². The van der Waals surface area contributed by atoms with Gasteiger partial charge in [0.05, 0.1) is 19.3 Å². The maximum Gasteiger partial charge on any atom is 0.326 e. The number of benzene rings is 2. The molecule has 1 aromatic heterocycles. The lowest BCUT2D eigenvalue weighted by atomic mass is 10.2. The minimum Gasteiger partial charge on any atom is -0.495 e. The summed E-state index contributed by atoms with van der Waals surface area (Å²) < 4.78 is 7.66. The molecule has 30 heavy (non-hydrogen) atoms. The maximum atomic E-state index is 13.3. The fourth-order valence-electron chi connectivity index (χ4n) is 3.65.